The van der Waals surface area contributed by atoms with Gasteiger partial charge in [0, 0.05) is 13.1 Å². The number of hydrogen-bond acceptors (Lipinski definition) is 4. The van der Waals surface area contributed by atoms with Gasteiger partial charge < -0.3 is 16.0 Å². The second kappa shape index (κ2) is 7.49. The Morgan fingerprint density at radius 2 is 2.21 bits per heavy atom. The lowest BCUT2D eigenvalue weighted by molar-refractivity contribution is 0.0944. The summed E-state index contributed by atoms with van der Waals surface area (Å²) in [4.78, 5) is 14.9. The maximum Gasteiger partial charge on any atom is 0.270 e. The number of nitrogens with zero attached hydrogens (tertiary/aromatic N) is 2. The standard InChI is InChI=1S/C18H25N5O/c1-23-11-5-6-13(12-23)9-10-20-18(24)16-15(17(19)22-21-16)14-7-3-2-4-8-14/h2-4,7-8,13H,5-6,9-12H2,1H3,(H,20,24)(H3,19,21,22)/t13-/m0/s1. The predicted molar refractivity (Wildman–Crippen MR) is 95.6 cm³/mol. The molecule has 0 bridgehead atoms. The van der Waals surface area contributed by atoms with Gasteiger partial charge in [0.1, 0.15) is 5.69 Å². The van der Waals surface area contributed by atoms with Gasteiger partial charge in [-0.15, -0.1) is 0 Å². The van der Waals surface area contributed by atoms with E-state index in [0.717, 1.165) is 18.5 Å². The van der Waals surface area contributed by atoms with E-state index in [4.69, 9.17) is 5.73 Å². The number of nitrogens with two attached hydrogens (primary N) is 1. The molecule has 3 rings (SSSR count). The molecule has 1 amide bonds. The van der Waals surface area contributed by atoms with Crippen molar-refractivity contribution in [2.45, 2.75) is 19.3 Å². The van der Waals surface area contributed by atoms with E-state index in [9.17, 15) is 4.79 Å². The Labute approximate surface area is 142 Å². The average Bonchev–Trinajstić information content (AvgIpc) is 2.97. The number of benzene rings is 1. The molecule has 128 valence electrons. The zero-order valence-electron chi connectivity index (χ0n) is 14.1. The van der Waals surface area contributed by atoms with Crippen molar-refractivity contribution in [3.63, 3.8) is 0 Å². The largest absolute Gasteiger partial charge is 0.382 e. The number of aromatic amines is 1. The molecule has 0 saturated carbocycles. The van der Waals surface area contributed by atoms with Crippen LogP contribution in [0.4, 0.5) is 5.82 Å². The lowest BCUT2D eigenvalue weighted by Gasteiger charge is -2.29. The number of hydrogen-bond donors (Lipinski definition) is 3. The minimum absolute atomic E-state index is 0.151. The monoisotopic (exact) mass is 327 g/mol. The van der Waals surface area contributed by atoms with Gasteiger partial charge >= 0.3 is 0 Å². The number of piperidine rings is 1. The molecule has 2 heterocycles. The zero-order chi connectivity index (χ0) is 16.9. The first-order valence-electron chi connectivity index (χ1n) is 8.51. The Morgan fingerprint density at radius 3 is 2.96 bits per heavy atom. The van der Waals surface area contributed by atoms with Crippen LogP contribution in [0.5, 0.6) is 0 Å². The van der Waals surface area contributed by atoms with Gasteiger partial charge in [-0.05, 0) is 44.3 Å². The highest BCUT2D eigenvalue weighted by Gasteiger charge is 2.20. The maximum absolute atomic E-state index is 12.5. The molecule has 0 radical (unpaired) electrons. The average molecular weight is 327 g/mol. The van der Waals surface area contributed by atoms with Gasteiger partial charge in [-0.1, -0.05) is 30.3 Å². The van der Waals surface area contributed by atoms with Crippen molar-refractivity contribution in [2.75, 3.05) is 32.4 Å². The first-order valence-corrected chi connectivity index (χ1v) is 8.51. The lowest BCUT2D eigenvalue weighted by atomic mass is 9.95. The number of amides is 1. The van der Waals surface area contributed by atoms with Crippen molar-refractivity contribution in [1.29, 1.82) is 0 Å². The molecule has 1 saturated heterocycles. The van der Waals surface area contributed by atoms with Gasteiger partial charge in [0.25, 0.3) is 5.91 Å². The molecule has 1 aliphatic heterocycles. The van der Waals surface area contributed by atoms with Crippen LogP contribution in [-0.2, 0) is 0 Å². The number of H-pyrrole nitrogens is 1. The number of nitrogens with one attached hydrogen (secondary N) is 2. The highest BCUT2D eigenvalue weighted by molar-refractivity contribution is 6.01. The van der Waals surface area contributed by atoms with Crippen molar-refractivity contribution in [2.24, 2.45) is 5.92 Å². The van der Waals surface area contributed by atoms with Gasteiger partial charge in [-0.25, -0.2) is 0 Å². The van der Waals surface area contributed by atoms with Crippen molar-refractivity contribution >= 4 is 11.7 Å². The zero-order valence-corrected chi connectivity index (χ0v) is 14.1. The number of likely N-dealkylation sites (tertiary alicyclic amines) is 1. The van der Waals surface area contributed by atoms with E-state index in [-0.39, 0.29) is 5.91 Å². The topological polar surface area (TPSA) is 87.0 Å². The summed E-state index contributed by atoms with van der Waals surface area (Å²) in [5.41, 5.74) is 7.94. The molecule has 1 aromatic carbocycles. The van der Waals surface area contributed by atoms with Crippen LogP contribution < -0.4 is 11.1 Å². The van der Waals surface area contributed by atoms with Crippen LogP contribution in [0.1, 0.15) is 29.8 Å². The van der Waals surface area contributed by atoms with Gasteiger partial charge in [0.05, 0.1) is 5.56 Å². The van der Waals surface area contributed by atoms with Crippen LogP contribution in [0.15, 0.2) is 30.3 Å². The highest BCUT2D eigenvalue weighted by Crippen LogP contribution is 2.27. The number of carbonyl (C=O) groups excluding carboxylic acids is 1. The Balaban J connectivity index is 1.62. The molecule has 1 atom stereocenters. The summed E-state index contributed by atoms with van der Waals surface area (Å²) < 4.78 is 0. The van der Waals surface area contributed by atoms with Crippen LogP contribution >= 0.6 is 0 Å². The maximum atomic E-state index is 12.5. The number of aromatic nitrogens is 2. The fourth-order valence-electron chi connectivity index (χ4n) is 3.40. The van der Waals surface area contributed by atoms with Gasteiger partial charge in [-0.2, -0.15) is 5.10 Å². The first kappa shape index (κ1) is 16.5. The molecule has 1 aliphatic rings. The van der Waals surface area contributed by atoms with E-state index in [0.29, 0.717) is 29.5 Å². The Morgan fingerprint density at radius 1 is 1.42 bits per heavy atom. The fraction of sp³-hybridized carbons (Fsp3) is 0.444. The third-order valence-electron chi connectivity index (χ3n) is 4.64. The summed E-state index contributed by atoms with van der Waals surface area (Å²) in [5.74, 6) is 0.854. The lowest BCUT2D eigenvalue weighted by Crippen LogP contribution is -2.34. The fourth-order valence-corrected chi connectivity index (χ4v) is 3.40. The molecule has 1 aromatic heterocycles. The highest BCUT2D eigenvalue weighted by atomic mass is 16.1. The van der Waals surface area contributed by atoms with Crippen LogP contribution in [-0.4, -0.2) is 47.7 Å². The van der Waals surface area contributed by atoms with Gasteiger partial charge in [0.2, 0.25) is 0 Å². The summed E-state index contributed by atoms with van der Waals surface area (Å²) in [7, 11) is 2.16. The van der Waals surface area contributed by atoms with Crippen LogP contribution in [0.25, 0.3) is 11.1 Å². The number of rotatable bonds is 5. The van der Waals surface area contributed by atoms with Crippen molar-refractivity contribution < 1.29 is 4.79 Å². The molecule has 6 nitrogen and oxygen atoms in total. The van der Waals surface area contributed by atoms with E-state index in [2.05, 4.69) is 27.5 Å². The molecule has 0 spiro atoms. The molecule has 6 heteroatoms. The minimum Gasteiger partial charge on any atom is -0.382 e. The smallest absolute Gasteiger partial charge is 0.270 e. The van der Waals surface area contributed by atoms with Gasteiger partial charge in [-0.3, -0.25) is 9.89 Å². The summed E-state index contributed by atoms with van der Waals surface area (Å²) >= 11 is 0. The number of anilines is 1. The molecule has 4 N–H and O–H groups in total. The summed E-state index contributed by atoms with van der Waals surface area (Å²) in [6.45, 7) is 2.96. The summed E-state index contributed by atoms with van der Waals surface area (Å²) in [6, 6.07) is 9.62. The van der Waals surface area contributed by atoms with Crippen LogP contribution in [0.2, 0.25) is 0 Å². The quantitative estimate of drug-likeness (QED) is 0.785. The Bertz CT molecular complexity index is 682. The van der Waals surface area contributed by atoms with E-state index < -0.39 is 0 Å². The Kier molecular flexibility index (Phi) is 5.15. The molecule has 0 unspecified atom stereocenters. The van der Waals surface area contributed by atoms with E-state index >= 15 is 0 Å². The predicted octanol–water partition coefficient (Wildman–Crippen LogP) is 2.12. The second-order valence-electron chi connectivity index (χ2n) is 6.54. The normalized spacial score (nSPS) is 18.5. The van der Waals surface area contributed by atoms with Crippen molar-refractivity contribution in [3.05, 3.63) is 36.0 Å². The Hall–Kier alpha value is -2.34. The molecule has 0 aliphatic carbocycles. The minimum atomic E-state index is -0.151. The molecule has 1 fully saturated rings. The molecular formula is C18H25N5O. The van der Waals surface area contributed by atoms with E-state index in [1.807, 2.05) is 30.3 Å². The van der Waals surface area contributed by atoms with Crippen LogP contribution in [0.3, 0.4) is 0 Å². The third-order valence-corrected chi connectivity index (χ3v) is 4.64. The van der Waals surface area contributed by atoms with E-state index in [1.54, 1.807) is 0 Å². The molecule has 2 aromatic rings. The van der Waals surface area contributed by atoms with E-state index in [1.165, 1.54) is 19.4 Å². The summed E-state index contributed by atoms with van der Waals surface area (Å²) in [6.07, 6.45) is 3.48. The number of nitrogen functional groups attached to an aromatic ring is 1. The van der Waals surface area contributed by atoms with Crippen molar-refractivity contribution in [1.82, 2.24) is 20.4 Å². The second-order valence-corrected chi connectivity index (χ2v) is 6.54. The SMILES string of the molecule is CN1CCC[C@@H](CCNC(=O)c2[nH]nc(N)c2-c2ccccc2)C1. The number of carbonyl (C=O) groups is 1. The summed E-state index contributed by atoms with van der Waals surface area (Å²) in [5, 5.41) is 9.78. The molecule has 24 heavy (non-hydrogen) atoms. The van der Waals surface area contributed by atoms with Gasteiger partial charge in [0.15, 0.2) is 5.82 Å². The van der Waals surface area contributed by atoms with Crippen molar-refractivity contribution in [3.8, 4) is 11.1 Å². The third kappa shape index (κ3) is 3.76. The molecular weight excluding hydrogens is 302 g/mol. The first-order chi connectivity index (χ1) is 11.6. The van der Waals surface area contributed by atoms with Crippen LogP contribution in [0, 0.1) is 5.92 Å².